The summed E-state index contributed by atoms with van der Waals surface area (Å²) in [5.41, 5.74) is 9.08. The van der Waals surface area contributed by atoms with E-state index in [1.807, 2.05) is 25.1 Å². The molecule has 1 atom stereocenters. The van der Waals surface area contributed by atoms with Gasteiger partial charge in [0, 0.05) is 17.9 Å². The summed E-state index contributed by atoms with van der Waals surface area (Å²) in [5.74, 6) is -0.0967. The van der Waals surface area contributed by atoms with Gasteiger partial charge in [-0.1, -0.05) is 13.3 Å². The maximum absolute atomic E-state index is 11.8. The number of aryl methyl sites for hydroxylation is 1. The second-order valence-corrected chi connectivity index (χ2v) is 4.79. The van der Waals surface area contributed by atoms with Gasteiger partial charge in [-0.2, -0.15) is 0 Å². The molecule has 0 spiro atoms. The number of anilines is 2. The second-order valence-electron chi connectivity index (χ2n) is 4.79. The summed E-state index contributed by atoms with van der Waals surface area (Å²) in [6.45, 7) is 3.05. The third-order valence-corrected chi connectivity index (χ3v) is 3.25. The summed E-state index contributed by atoms with van der Waals surface area (Å²) in [6, 6.07) is 5.57. The lowest BCUT2D eigenvalue weighted by Gasteiger charge is -2.19. The zero-order valence-electron chi connectivity index (χ0n) is 10.8. The van der Waals surface area contributed by atoms with Crippen LogP contribution in [0.2, 0.25) is 0 Å². The zero-order valence-corrected chi connectivity index (χ0v) is 10.8. The first kappa shape index (κ1) is 12.9. The van der Waals surface area contributed by atoms with Crippen LogP contribution in [0.5, 0.6) is 0 Å². The minimum Gasteiger partial charge on any atom is -0.385 e. The van der Waals surface area contributed by atoms with Crippen molar-refractivity contribution < 1.29 is 4.79 Å². The van der Waals surface area contributed by atoms with Gasteiger partial charge >= 0.3 is 0 Å². The van der Waals surface area contributed by atoms with E-state index >= 15 is 0 Å². The molecule has 4 heteroatoms. The molecular formula is C14H21N3O. The first-order chi connectivity index (χ1) is 8.70. The van der Waals surface area contributed by atoms with Gasteiger partial charge in [-0.25, -0.2) is 0 Å². The predicted octanol–water partition coefficient (Wildman–Crippen LogP) is 2.11. The van der Waals surface area contributed by atoms with Gasteiger partial charge in [0.05, 0.1) is 6.04 Å². The fourth-order valence-corrected chi connectivity index (χ4v) is 2.23. The molecule has 0 bridgehead atoms. The van der Waals surface area contributed by atoms with Gasteiger partial charge < -0.3 is 16.4 Å². The molecule has 1 heterocycles. The maximum Gasteiger partial charge on any atom is 0.241 e. The fourth-order valence-electron chi connectivity index (χ4n) is 2.23. The highest BCUT2D eigenvalue weighted by Gasteiger charge is 2.14. The molecule has 1 aromatic carbocycles. The average Bonchev–Trinajstić information content (AvgIpc) is 2.39. The second kappa shape index (κ2) is 5.87. The number of fused-ring (bicyclic) bond motifs is 1. The molecule has 1 amide bonds. The molecule has 1 unspecified atom stereocenters. The predicted molar refractivity (Wildman–Crippen MR) is 74.8 cm³/mol. The van der Waals surface area contributed by atoms with Crippen LogP contribution in [0, 0.1) is 0 Å². The Labute approximate surface area is 108 Å². The number of carbonyl (C=O) groups is 1. The Morgan fingerprint density at radius 1 is 1.56 bits per heavy atom. The standard InChI is InChI=1S/C14H21N3O/c1-2-4-12(15)14(18)17-11-6-7-13-10(9-11)5-3-8-16-13/h6-7,9,12,16H,2-5,8,15H2,1H3,(H,17,18). The van der Waals surface area contributed by atoms with Crippen molar-refractivity contribution in [3.05, 3.63) is 23.8 Å². The number of carbonyl (C=O) groups excluding carboxylic acids is 1. The van der Waals surface area contributed by atoms with Crippen molar-refractivity contribution in [2.75, 3.05) is 17.2 Å². The van der Waals surface area contributed by atoms with E-state index in [4.69, 9.17) is 5.73 Å². The van der Waals surface area contributed by atoms with Crippen LogP contribution in [0.15, 0.2) is 18.2 Å². The summed E-state index contributed by atoms with van der Waals surface area (Å²) in [7, 11) is 0. The van der Waals surface area contributed by atoms with E-state index in [0.717, 1.165) is 37.9 Å². The lowest BCUT2D eigenvalue weighted by atomic mass is 10.0. The highest BCUT2D eigenvalue weighted by molar-refractivity contribution is 5.94. The summed E-state index contributed by atoms with van der Waals surface area (Å²) in [6.07, 6.45) is 3.84. The number of hydrogen-bond acceptors (Lipinski definition) is 3. The Bertz CT molecular complexity index is 431. The molecule has 1 aliphatic rings. The number of benzene rings is 1. The molecule has 4 N–H and O–H groups in total. The Kier molecular flexibility index (Phi) is 4.20. The van der Waals surface area contributed by atoms with Gasteiger partial charge in [0.15, 0.2) is 0 Å². The van der Waals surface area contributed by atoms with Crippen LogP contribution < -0.4 is 16.4 Å². The van der Waals surface area contributed by atoms with Crippen LogP contribution in [0.4, 0.5) is 11.4 Å². The molecule has 0 fully saturated rings. The quantitative estimate of drug-likeness (QED) is 0.763. The third-order valence-electron chi connectivity index (χ3n) is 3.25. The first-order valence-electron chi connectivity index (χ1n) is 6.64. The summed E-state index contributed by atoms with van der Waals surface area (Å²) in [4.78, 5) is 11.8. The Morgan fingerprint density at radius 2 is 2.39 bits per heavy atom. The van der Waals surface area contributed by atoms with Crippen molar-refractivity contribution >= 4 is 17.3 Å². The highest BCUT2D eigenvalue weighted by Crippen LogP contribution is 2.25. The van der Waals surface area contributed by atoms with E-state index in [1.54, 1.807) is 0 Å². The van der Waals surface area contributed by atoms with Gasteiger partial charge in [0.25, 0.3) is 0 Å². The van der Waals surface area contributed by atoms with Crippen LogP contribution in [0.25, 0.3) is 0 Å². The lowest BCUT2D eigenvalue weighted by Crippen LogP contribution is -2.35. The van der Waals surface area contributed by atoms with Crippen molar-refractivity contribution in [2.24, 2.45) is 5.73 Å². The maximum atomic E-state index is 11.8. The van der Waals surface area contributed by atoms with E-state index < -0.39 is 6.04 Å². The Morgan fingerprint density at radius 3 is 3.17 bits per heavy atom. The van der Waals surface area contributed by atoms with E-state index in [2.05, 4.69) is 10.6 Å². The molecular weight excluding hydrogens is 226 g/mol. The number of hydrogen-bond donors (Lipinski definition) is 3. The molecule has 98 valence electrons. The largest absolute Gasteiger partial charge is 0.385 e. The van der Waals surface area contributed by atoms with Gasteiger partial charge in [-0.3, -0.25) is 4.79 Å². The lowest BCUT2D eigenvalue weighted by molar-refractivity contribution is -0.117. The molecule has 0 saturated carbocycles. The smallest absolute Gasteiger partial charge is 0.241 e. The average molecular weight is 247 g/mol. The Balaban J connectivity index is 2.03. The highest BCUT2D eigenvalue weighted by atomic mass is 16.2. The number of rotatable bonds is 4. The molecule has 0 saturated heterocycles. The minimum absolute atomic E-state index is 0.0967. The third kappa shape index (κ3) is 3.01. The van der Waals surface area contributed by atoms with Crippen molar-refractivity contribution in [3.63, 3.8) is 0 Å². The van der Waals surface area contributed by atoms with Crippen LogP contribution in [0.1, 0.15) is 31.7 Å². The minimum atomic E-state index is -0.413. The molecule has 4 nitrogen and oxygen atoms in total. The van der Waals surface area contributed by atoms with E-state index in [0.29, 0.717) is 0 Å². The van der Waals surface area contributed by atoms with Crippen LogP contribution in [-0.4, -0.2) is 18.5 Å². The van der Waals surface area contributed by atoms with Crippen molar-refractivity contribution in [1.82, 2.24) is 0 Å². The molecule has 0 aromatic heterocycles. The molecule has 2 rings (SSSR count). The van der Waals surface area contributed by atoms with Crippen molar-refractivity contribution in [3.8, 4) is 0 Å². The number of nitrogens with one attached hydrogen (secondary N) is 2. The summed E-state index contributed by atoms with van der Waals surface area (Å²) in [5, 5.41) is 6.23. The van der Waals surface area contributed by atoms with Gasteiger partial charge in [0.2, 0.25) is 5.91 Å². The first-order valence-corrected chi connectivity index (χ1v) is 6.64. The van der Waals surface area contributed by atoms with Crippen LogP contribution in [0.3, 0.4) is 0 Å². The summed E-state index contributed by atoms with van der Waals surface area (Å²) >= 11 is 0. The van der Waals surface area contributed by atoms with E-state index in [9.17, 15) is 4.79 Å². The van der Waals surface area contributed by atoms with Crippen LogP contribution in [-0.2, 0) is 11.2 Å². The molecule has 1 aromatic rings. The van der Waals surface area contributed by atoms with Gasteiger partial charge in [0.1, 0.15) is 0 Å². The van der Waals surface area contributed by atoms with E-state index in [1.165, 1.54) is 11.3 Å². The molecule has 0 aliphatic carbocycles. The van der Waals surface area contributed by atoms with Gasteiger partial charge in [-0.05, 0) is 43.0 Å². The summed E-state index contributed by atoms with van der Waals surface area (Å²) < 4.78 is 0. The fraction of sp³-hybridized carbons (Fsp3) is 0.500. The zero-order chi connectivity index (χ0) is 13.0. The monoisotopic (exact) mass is 247 g/mol. The van der Waals surface area contributed by atoms with E-state index in [-0.39, 0.29) is 5.91 Å². The van der Waals surface area contributed by atoms with Gasteiger partial charge in [-0.15, -0.1) is 0 Å². The Hall–Kier alpha value is -1.55. The number of amides is 1. The molecule has 1 aliphatic heterocycles. The topological polar surface area (TPSA) is 67.2 Å². The molecule has 0 radical (unpaired) electrons. The van der Waals surface area contributed by atoms with Crippen molar-refractivity contribution in [2.45, 2.75) is 38.6 Å². The van der Waals surface area contributed by atoms with Crippen molar-refractivity contribution in [1.29, 1.82) is 0 Å². The normalized spacial score (nSPS) is 15.4. The molecule has 18 heavy (non-hydrogen) atoms. The number of nitrogens with two attached hydrogens (primary N) is 1. The van der Waals surface area contributed by atoms with Crippen LogP contribution >= 0.6 is 0 Å². The SMILES string of the molecule is CCCC(N)C(=O)Nc1ccc2c(c1)CCCN2.